The van der Waals surface area contributed by atoms with Crippen LogP contribution in [0, 0.1) is 16.6 Å². The second-order valence-corrected chi connectivity index (χ2v) is 7.87. The first-order chi connectivity index (χ1) is 12.8. The van der Waals surface area contributed by atoms with Crippen LogP contribution < -0.4 is 0 Å². The Kier molecular flexibility index (Phi) is 5.53. The van der Waals surface area contributed by atoms with Gasteiger partial charge >= 0.3 is 5.97 Å². The number of hydrogen-bond donors (Lipinski definition) is 2. The van der Waals surface area contributed by atoms with Crippen molar-refractivity contribution in [2.75, 3.05) is 26.8 Å². The Morgan fingerprint density at radius 1 is 1.37 bits per heavy atom. The number of carbonyl (C=O) groups is 2. The van der Waals surface area contributed by atoms with Crippen LogP contribution in [-0.2, 0) is 20.7 Å². The third kappa shape index (κ3) is 3.58. The number of aliphatic hydroxyl groups excluding tert-OH is 1. The number of carboxylic acids is 1. The fourth-order valence-corrected chi connectivity index (χ4v) is 4.36. The average Bonchev–Trinajstić information content (AvgIpc) is 2.59. The lowest BCUT2D eigenvalue weighted by atomic mass is 9.67. The Labute approximate surface area is 157 Å². The molecule has 7 heteroatoms. The molecule has 0 spiro atoms. The third-order valence-corrected chi connectivity index (χ3v) is 6.09. The van der Waals surface area contributed by atoms with E-state index in [1.807, 2.05) is 0 Å². The maximum absolute atomic E-state index is 13.6. The highest BCUT2D eigenvalue weighted by molar-refractivity contribution is 5.85. The van der Waals surface area contributed by atoms with Gasteiger partial charge in [0.05, 0.1) is 18.1 Å². The SMILES string of the molecule is COCC1(C(=O)N2CC[C@H](O)[C@](Cc3cccc(F)c3)(C(=O)O)C2)CCC1. The minimum atomic E-state index is -1.56. The van der Waals surface area contributed by atoms with Gasteiger partial charge < -0.3 is 19.8 Å². The Bertz CT molecular complexity index is 720. The molecular weight excluding hydrogens is 353 g/mol. The van der Waals surface area contributed by atoms with Crippen LogP contribution in [0.4, 0.5) is 4.39 Å². The number of benzene rings is 1. The van der Waals surface area contributed by atoms with Gasteiger partial charge in [0.2, 0.25) is 5.91 Å². The zero-order chi connectivity index (χ0) is 19.7. The van der Waals surface area contributed by atoms with E-state index in [-0.39, 0.29) is 25.3 Å². The van der Waals surface area contributed by atoms with Crippen molar-refractivity contribution in [1.82, 2.24) is 4.90 Å². The van der Waals surface area contributed by atoms with E-state index in [4.69, 9.17) is 4.74 Å². The predicted molar refractivity (Wildman–Crippen MR) is 95.5 cm³/mol. The van der Waals surface area contributed by atoms with Gasteiger partial charge in [0, 0.05) is 20.2 Å². The molecule has 27 heavy (non-hydrogen) atoms. The van der Waals surface area contributed by atoms with E-state index >= 15 is 0 Å². The molecule has 1 saturated carbocycles. The second kappa shape index (κ2) is 7.56. The summed E-state index contributed by atoms with van der Waals surface area (Å²) in [7, 11) is 1.55. The topological polar surface area (TPSA) is 87.1 Å². The summed E-state index contributed by atoms with van der Waals surface area (Å²) in [5, 5.41) is 20.5. The lowest BCUT2D eigenvalue weighted by Gasteiger charge is -2.48. The van der Waals surface area contributed by atoms with Crippen LogP contribution in [0.1, 0.15) is 31.2 Å². The summed E-state index contributed by atoms with van der Waals surface area (Å²) in [5.41, 5.74) is -1.65. The molecule has 0 unspecified atom stereocenters. The number of ether oxygens (including phenoxy) is 1. The summed E-state index contributed by atoms with van der Waals surface area (Å²) < 4.78 is 18.8. The van der Waals surface area contributed by atoms with Gasteiger partial charge in [0.15, 0.2) is 0 Å². The number of carboxylic acid groups (broad SMARTS) is 1. The quantitative estimate of drug-likeness (QED) is 0.788. The minimum Gasteiger partial charge on any atom is -0.481 e. The molecule has 0 radical (unpaired) electrons. The van der Waals surface area contributed by atoms with Crippen LogP contribution >= 0.6 is 0 Å². The van der Waals surface area contributed by atoms with Crippen LogP contribution in [0.2, 0.25) is 0 Å². The van der Waals surface area contributed by atoms with Gasteiger partial charge in [0.25, 0.3) is 0 Å². The highest BCUT2D eigenvalue weighted by atomic mass is 19.1. The third-order valence-electron chi connectivity index (χ3n) is 6.09. The van der Waals surface area contributed by atoms with E-state index < -0.39 is 28.7 Å². The monoisotopic (exact) mass is 379 g/mol. The lowest BCUT2D eigenvalue weighted by molar-refractivity contribution is -0.172. The molecule has 2 aliphatic rings. The zero-order valence-corrected chi connectivity index (χ0v) is 15.5. The van der Waals surface area contributed by atoms with E-state index in [1.54, 1.807) is 18.1 Å². The van der Waals surface area contributed by atoms with E-state index in [9.17, 15) is 24.2 Å². The first-order valence-corrected chi connectivity index (χ1v) is 9.27. The molecule has 1 aromatic carbocycles. The van der Waals surface area contributed by atoms with Crippen LogP contribution in [-0.4, -0.2) is 59.9 Å². The summed E-state index contributed by atoms with van der Waals surface area (Å²) in [6, 6.07) is 5.71. The van der Waals surface area contributed by atoms with E-state index in [0.717, 1.165) is 19.3 Å². The van der Waals surface area contributed by atoms with Crippen LogP contribution in [0.15, 0.2) is 24.3 Å². The number of methoxy groups -OCH3 is 1. The molecule has 1 saturated heterocycles. The Hall–Kier alpha value is -1.99. The van der Waals surface area contributed by atoms with Crippen molar-refractivity contribution in [1.29, 1.82) is 0 Å². The van der Waals surface area contributed by atoms with E-state index in [0.29, 0.717) is 18.7 Å². The fourth-order valence-electron chi connectivity index (χ4n) is 4.36. The molecule has 2 N–H and O–H groups in total. The number of amides is 1. The zero-order valence-electron chi connectivity index (χ0n) is 15.5. The summed E-state index contributed by atoms with van der Waals surface area (Å²) in [5.74, 6) is -1.74. The molecular formula is C20H26FNO5. The van der Waals surface area contributed by atoms with E-state index in [1.165, 1.54) is 18.2 Å². The molecule has 1 aliphatic heterocycles. The molecule has 148 valence electrons. The highest BCUT2D eigenvalue weighted by Crippen LogP contribution is 2.44. The van der Waals surface area contributed by atoms with Crippen molar-refractivity contribution in [3.8, 4) is 0 Å². The smallest absolute Gasteiger partial charge is 0.314 e. The molecule has 1 aliphatic carbocycles. The van der Waals surface area contributed by atoms with Gasteiger partial charge in [-0.2, -0.15) is 0 Å². The number of rotatable bonds is 6. The lowest BCUT2D eigenvalue weighted by Crippen LogP contribution is -2.61. The first-order valence-electron chi connectivity index (χ1n) is 9.27. The van der Waals surface area contributed by atoms with Gasteiger partial charge in [-0.25, -0.2) is 4.39 Å². The number of nitrogens with zero attached hydrogens (tertiary/aromatic N) is 1. The van der Waals surface area contributed by atoms with Crippen molar-refractivity contribution in [3.05, 3.63) is 35.6 Å². The van der Waals surface area contributed by atoms with Crippen LogP contribution in [0.3, 0.4) is 0 Å². The number of likely N-dealkylation sites (tertiary alicyclic amines) is 1. The number of halogens is 1. The van der Waals surface area contributed by atoms with Gasteiger partial charge in [-0.05, 0) is 43.4 Å². The molecule has 3 rings (SSSR count). The van der Waals surface area contributed by atoms with Gasteiger partial charge in [-0.1, -0.05) is 18.6 Å². The maximum Gasteiger partial charge on any atom is 0.314 e. The molecule has 1 heterocycles. The Morgan fingerprint density at radius 2 is 2.11 bits per heavy atom. The molecule has 6 nitrogen and oxygen atoms in total. The number of hydrogen-bond acceptors (Lipinski definition) is 4. The fraction of sp³-hybridized carbons (Fsp3) is 0.600. The Morgan fingerprint density at radius 3 is 2.67 bits per heavy atom. The summed E-state index contributed by atoms with van der Waals surface area (Å²) in [4.78, 5) is 26.9. The number of aliphatic carboxylic acids is 1. The first kappa shape index (κ1) is 19.8. The minimum absolute atomic E-state index is 0.0394. The molecule has 1 amide bonds. The van der Waals surface area contributed by atoms with E-state index in [2.05, 4.69) is 0 Å². The van der Waals surface area contributed by atoms with Gasteiger partial charge in [-0.3, -0.25) is 9.59 Å². The van der Waals surface area contributed by atoms with Crippen molar-refractivity contribution < 1.29 is 28.9 Å². The van der Waals surface area contributed by atoms with Gasteiger partial charge in [-0.15, -0.1) is 0 Å². The summed E-state index contributed by atoms with van der Waals surface area (Å²) in [6.45, 7) is 0.531. The Balaban J connectivity index is 1.86. The molecule has 1 aromatic rings. The normalized spacial score (nSPS) is 27.1. The van der Waals surface area contributed by atoms with Crippen molar-refractivity contribution in [3.63, 3.8) is 0 Å². The molecule has 2 atom stereocenters. The molecule has 0 aromatic heterocycles. The van der Waals surface area contributed by atoms with Crippen molar-refractivity contribution >= 4 is 11.9 Å². The number of aliphatic hydroxyl groups is 1. The van der Waals surface area contributed by atoms with Crippen LogP contribution in [0.5, 0.6) is 0 Å². The average molecular weight is 379 g/mol. The second-order valence-electron chi connectivity index (χ2n) is 7.87. The molecule has 0 bridgehead atoms. The molecule has 2 fully saturated rings. The maximum atomic E-state index is 13.6. The van der Waals surface area contributed by atoms with Crippen LogP contribution in [0.25, 0.3) is 0 Å². The van der Waals surface area contributed by atoms with Crippen molar-refractivity contribution in [2.24, 2.45) is 10.8 Å². The standard InChI is InChI=1S/C20H26FNO5/c1-27-13-19(7-3-8-19)17(24)22-9-6-16(23)20(12-22,18(25)26)11-14-4-2-5-15(21)10-14/h2,4-5,10,16,23H,3,6-9,11-13H2,1H3,(H,25,26)/t16-,20+/m0/s1. The summed E-state index contributed by atoms with van der Waals surface area (Å²) >= 11 is 0. The van der Waals surface area contributed by atoms with Gasteiger partial charge in [0.1, 0.15) is 11.2 Å². The van der Waals surface area contributed by atoms with Crippen molar-refractivity contribution in [2.45, 2.75) is 38.2 Å². The summed E-state index contributed by atoms with van der Waals surface area (Å²) in [6.07, 6.45) is 1.42. The largest absolute Gasteiger partial charge is 0.481 e. The predicted octanol–water partition coefficient (Wildman–Crippen LogP) is 1.85. The number of piperidine rings is 1. The number of carbonyl (C=O) groups excluding carboxylic acids is 1. The highest BCUT2D eigenvalue weighted by Gasteiger charge is 2.54.